The first-order valence-corrected chi connectivity index (χ1v) is 11.0. The monoisotopic (exact) mass is 396 g/mol. The third-order valence-electron chi connectivity index (χ3n) is 5.17. The van der Waals surface area contributed by atoms with E-state index in [0.717, 1.165) is 30.4 Å². The van der Waals surface area contributed by atoms with Gasteiger partial charge in [-0.2, -0.15) is 4.31 Å². The summed E-state index contributed by atoms with van der Waals surface area (Å²) in [6.45, 7) is 4.23. The van der Waals surface area contributed by atoms with Crippen molar-refractivity contribution < 1.29 is 22.7 Å². The summed E-state index contributed by atoms with van der Waals surface area (Å²) in [5.74, 6) is 0. The van der Waals surface area contributed by atoms with Crippen LogP contribution in [-0.4, -0.2) is 63.2 Å². The number of amides is 1. The van der Waals surface area contributed by atoms with Crippen LogP contribution in [0.25, 0.3) is 0 Å². The van der Waals surface area contributed by atoms with Crippen LogP contribution >= 0.6 is 0 Å². The minimum atomic E-state index is -3.58. The molecular weight excluding hydrogens is 368 g/mol. The van der Waals surface area contributed by atoms with E-state index in [1.807, 2.05) is 13.0 Å². The van der Waals surface area contributed by atoms with Crippen molar-refractivity contribution >= 4 is 16.1 Å². The second kappa shape index (κ2) is 8.58. The minimum absolute atomic E-state index is 0.114. The molecule has 1 saturated heterocycles. The summed E-state index contributed by atoms with van der Waals surface area (Å²) in [5.41, 5.74) is 1.96. The lowest BCUT2D eigenvalue weighted by Gasteiger charge is -2.29. The Labute approximate surface area is 161 Å². The predicted octanol–water partition coefficient (Wildman–Crippen LogP) is 2.39. The Balaban J connectivity index is 1.80. The Morgan fingerprint density at radius 3 is 2.81 bits per heavy atom. The van der Waals surface area contributed by atoms with Crippen LogP contribution in [0.15, 0.2) is 23.1 Å². The fourth-order valence-electron chi connectivity index (χ4n) is 3.75. The van der Waals surface area contributed by atoms with Gasteiger partial charge in [0.25, 0.3) is 0 Å². The summed E-state index contributed by atoms with van der Waals surface area (Å²) < 4.78 is 38.2. The highest BCUT2D eigenvalue weighted by molar-refractivity contribution is 7.89. The van der Waals surface area contributed by atoms with Crippen LogP contribution in [0.3, 0.4) is 0 Å². The van der Waals surface area contributed by atoms with Gasteiger partial charge in [-0.1, -0.05) is 13.0 Å². The Morgan fingerprint density at radius 2 is 2.07 bits per heavy atom. The highest BCUT2D eigenvalue weighted by atomic mass is 32.2. The van der Waals surface area contributed by atoms with Gasteiger partial charge in [-0.05, 0) is 48.9 Å². The van der Waals surface area contributed by atoms with Crippen LogP contribution in [-0.2, 0) is 32.5 Å². The number of hydrogen-bond acceptors (Lipinski definition) is 5. The number of nitrogens with zero attached hydrogens (tertiary/aromatic N) is 2. The van der Waals surface area contributed by atoms with Gasteiger partial charge in [-0.3, -0.25) is 0 Å². The van der Waals surface area contributed by atoms with Crippen molar-refractivity contribution in [3.05, 3.63) is 29.3 Å². The van der Waals surface area contributed by atoms with E-state index < -0.39 is 10.0 Å². The molecule has 2 aliphatic rings. The van der Waals surface area contributed by atoms with Gasteiger partial charge in [0.2, 0.25) is 10.0 Å². The molecule has 0 aliphatic carbocycles. The van der Waals surface area contributed by atoms with Crippen LogP contribution in [0, 0.1) is 0 Å². The van der Waals surface area contributed by atoms with E-state index in [0.29, 0.717) is 39.3 Å². The molecule has 27 heavy (non-hydrogen) atoms. The standard InChI is InChI=1S/C19H28N2O5S/c1-3-11-26-19(22)20-10-8-15-6-7-18(12-16(15)13-20)27(23,24)21-9-4-5-17(21)14-25-2/h6-7,12,17H,3-5,8-11,13-14H2,1-2H3/t17-/m1/s1. The fraction of sp³-hybridized carbons (Fsp3) is 0.632. The van der Waals surface area contributed by atoms with Crippen LogP contribution in [0.2, 0.25) is 0 Å². The topological polar surface area (TPSA) is 76.2 Å². The summed E-state index contributed by atoms with van der Waals surface area (Å²) in [6.07, 6.45) is 2.80. The molecule has 2 aliphatic heterocycles. The van der Waals surface area contributed by atoms with Gasteiger partial charge in [0.1, 0.15) is 0 Å². The molecule has 1 fully saturated rings. The van der Waals surface area contributed by atoms with Crippen molar-refractivity contribution in [2.75, 3.05) is 33.4 Å². The van der Waals surface area contributed by atoms with E-state index in [1.54, 1.807) is 28.4 Å². The number of sulfonamides is 1. The molecule has 0 N–H and O–H groups in total. The van der Waals surface area contributed by atoms with E-state index in [4.69, 9.17) is 9.47 Å². The lowest BCUT2D eigenvalue weighted by molar-refractivity contribution is 0.0978. The molecule has 0 radical (unpaired) electrons. The second-order valence-corrected chi connectivity index (χ2v) is 8.97. The van der Waals surface area contributed by atoms with E-state index >= 15 is 0 Å². The van der Waals surface area contributed by atoms with Crippen molar-refractivity contribution in [3.8, 4) is 0 Å². The molecule has 8 heteroatoms. The first-order chi connectivity index (χ1) is 13.0. The molecule has 2 heterocycles. The molecule has 1 aromatic rings. The quantitative estimate of drug-likeness (QED) is 0.738. The van der Waals surface area contributed by atoms with Gasteiger partial charge < -0.3 is 14.4 Å². The molecule has 0 unspecified atom stereocenters. The van der Waals surface area contributed by atoms with E-state index in [9.17, 15) is 13.2 Å². The largest absolute Gasteiger partial charge is 0.449 e. The highest BCUT2D eigenvalue weighted by Crippen LogP contribution is 2.29. The number of benzene rings is 1. The normalized spacial score (nSPS) is 20.5. The maximum Gasteiger partial charge on any atom is 0.410 e. The molecular formula is C19H28N2O5S. The minimum Gasteiger partial charge on any atom is -0.449 e. The van der Waals surface area contributed by atoms with Gasteiger partial charge in [-0.15, -0.1) is 0 Å². The molecule has 0 spiro atoms. The number of methoxy groups -OCH3 is 1. The number of hydrogen-bond donors (Lipinski definition) is 0. The number of fused-ring (bicyclic) bond motifs is 1. The maximum atomic E-state index is 13.1. The highest BCUT2D eigenvalue weighted by Gasteiger charge is 2.35. The van der Waals surface area contributed by atoms with E-state index in [1.165, 1.54) is 0 Å². The Hall–Kier alpha value is -1.64. The SMILES string of the molecule is CCCOC(=O)N1CCc2ccc(S(=O)(=O)N3CCC[C@@H]3COC)cc2C1. The summed E-state index contributed by atoms with van der Waals surface area (Å²) >= 11 is 0. The number of ether oxygens (including phenoxy) is 2. The lowest BCUT2D eigenvalue weighted by Crippen LogP contribution is -2.39. The Kier molecular flexibility index (Phi) is 6.39. The average Bonchev–Trinajstić information content (AvgIpc) is 3.14. The molecule has 0 saturated carbocycles. The van der Waals surface area contributed by atoms with Crippen molar-refractivity contribution in [3.63, 3.8) is 0 Å². The van der Waals surface area contributed by atoms with Crippen LogP contribution in [0.4, 0.5) is 4.79 Å². The third kappa shape index (κ3) is 4.28. The van der Waals surface area contributed by atoms with Crippen LogP contribution in [0.1, 0.15) is 37.3 Å². The zero-order valence-electron chi connectivity index (χ0n) is 16.0. The van der Waals surface area contributed by atoms with Crippen molar-refractivity contribution in [1.29, 1.82) is 0 Å². The molecule has 0 bridgehead atoms. The zero-order chi connectivity index (χ0) is 19.4. The first kappa shape index (κ1) is 20.1. The lowest BCUT2D eigenvalue weighted by atomic mass is 10.0. The van der Waals surface area contributed by atoms with E-state index in [-0.39, 0.29) is 17.0 Å². The Morgan fingerprint density at radius 1 is 1.26 bits per heavy atom. The van der Waals surface area contributed by atoms with Crippen molar-refractivity contribution in [1.82, 2.24) is 9.21 Å². The fourth-order valence-corrected chi connectivity index (χ4v) is 5.48. The summed E-state index contributed by atoms with van der Waals surface area (Å²) in [7, 11) is -1.99. The van der Waals surface area contributed by atoms with Crippen molar-refractivity contribution in [2.45, 2.75) is 50.1 Å². The van der Waals surface area contributed by atoms with Crippen LogP contribution in [0.5, 0.6) is 0 Å². The maximum absolute atomic E-state index is 13.1. The third-order valence-corrected chi connectivity index (χ3v) is 7.11. The molecule has 150 valence electrons. The van der Waals surface area contributed by atoms with Crippen molar-refractivity contribution in [2.24, 2.45) is 0 Å². The second-order valence-electron chi connectivity index (χ2n) is 7.08. The molecule has 1 amide bonds. The number of carbonyl (C=O) groups excluding carboxylic acids is 1. The molecule has 1 atom stereocenters. The molecule has 0 aromatic heterocycles. The predicted molar refractivity (Wildman–Crippen MR) is 101 cm³/mol. The first-order valence-electron chi connectivity index (χ1n) is 9.51. The zero-order valence-corrected chi connectivity index (χ0v) is 16.8. The number of carbonyl (C=O) groups is 1. The van der Waals surface area contributed by atoms with Gasteiger partial charge in [0, 0.05) is 32.8 Å². The smallest absolute Gasteiger partial charge is 0.410 e. The summed E-state index contributed by atoms with van der Waals surface area (Å²) in [4.78, 5) is 14.1. The van der Waals surface area contributed by atoms with E-state index in [2.05, 4.69) is 0 Å². The average molecular weight is 397 g/mol. The van der Waals surface area contributed by atoms with Gasteiger partial charge in [0.05, 0.1) is 18.1 Å². The molecule has 7 nitrogen and oxygen atoms in total. The molecule has 3 rings (SSSR count). The van der Waals surface area contributed by atoms with Gasteiger partial charge in [0.15, 0.2) is 0 Å². The Bertz CT molecular complexity index is 780. The molecule has 1 aromatic carbocycles. The van der Waals surface area contributed by atoms with Crippen LogP contribution < -0.4 is 0 Å². The number of rotatable bonds is 6. The van der Waals surface area contributed by atoms with Gasteiger partial charge in [-0.25, -0.2) is 13.2 Å². The summed E-state index contributed by atoms with van der Waals surface area (Å²) in [6, 6.07) is 5.16. The summed E-state index contributed by atoms with van der Waals surface area (Å²) in [5, 5.41) is 0. The van der Waals surface area contributed by atoms with Gasteiger partial charge >= 0.3 is 6.09 Å².